The van der Waals surface area contributed by atoms with E-state index in [9.17, 15) is 5.11 Å². The second kappa shape index (κ2) is 6.95. The van der Waals surface area contributed by atoms with Crippen molar-refractivity contribution in [2.75, 3.05) is 33.4 Å². The maximum atomic E-state index is 9.82. The molecular formula is C17H32N2O2. The minimum Gasteiger partial charge on any atom is -0.394 e. The Morgan fingerprint density at radius 2 is 2.10 bits per heavy atom. The van der Waals surface area contributed by atoms with Gasteiger partial charge in [-0.3, -0.25) is 4.90 Å². The summed E-state index contributed by atoms with van der Waals surface area (Å²) in [6.07, 6.45) is 10.6. The molecule has 21 heavy (non-hydrogen) atoms. The normalized spacial score (nSPS) is 41.1. The molecule has 0 amide bonds. The van der Waals surface area contributed by atoms with Crippen LogP contribution in [0.1, 0.15) is 51.4 Å². The average Bonchev–Trinajstić information content (AvgIpc) is 2.96. The number of ether oxygens (including phenoxy) is 1. The van der Waals surface area contributed by atoms with Crippen molar-refractivity contribution in [1.29, 1.82) is 0 Å². The third-order valence-electron chi connectivity index (χ3n) is 6.35. The van der Waals surface area contributed by atoms with Crippen molar-refractivity contribution < 1.29 is 9.84 Å². The number of rotatable bonds is 5. The van der Waals surface area contributed by atoms with Crippen molar-refractivity contribution in [2.45, 2.75) is 69.1 Å². The van der Waals surface area contributed by atoms with Crippen LogP contribution in [0.2, 0.25) is 0 Å². The Hall–Kier alpha value is -0.160. The number of morpholine rings is 1. The van der Waals surface area contributed by atoms with Gasteiger partial charge < -0.3 is 15.2 Å². The van der Waals surface area contributed by atoms with E-state index in [0.717, 1.165) is 19.6 Å². The van der Waals surface area contributed by atoms with Gasteiger partial charge in [-0.25, -0.2) is 0 Å². The molecule has 0 aromatic rings. The standard InChI is InChI=1S/C17H32N2O2/c1-18-17(13-20)9-4-5-14(17)8-10-19-11-12-21-16-7-3-2-6-15(16)19/h14-16,18,20H,2-13H2,1H3. The molecule has 0 bridgehead atoms. The predicted octanol–water partition coefficient (Wildman–Crippen LogP) is 1.77. The molecular weight excluding hydrogens is 264 g/mol. The van der Waals surface area contributed by atoms with Gasteiger partial charge in [0.15, 0.2) is 0 Å². The number of aliphatic hydroxyl groups is 1. The van der Waals surface area contributed by atoms with Crippen LogP contribution in [0.3, 0.4) is 0 Å². The van der Waals surface area contributed by atoms with Crippen LogP contribution in [0.4, 0.5) is 0 Å². The number of likely N-dealkylation sites (N-methyl/N-ethyl adjacent to an activating group) is 1. The fourth-order valence-corrected chi connectivity index (χ4v) is 4.96. The van der Waals surface area contributed by atoms with Gasteiger partial charge in [0.05, 0.1) is 19.3 Å². The monoisotopic (exact) mass is 296 g/mol. The summed E-state index contributed by atoms with van der Waals surface area (Å²) in [5, 5.41) is 13.2. The first-order valence-corrected chi connectivity index (χ1v) is 8.94. The molecule has 0 aromatic heterocycles. The van der Waals surface area contributed by atoms with Crippen LogP contribution in [-0.4, -0.2) is 61.0 Å². The second-order valence-corrected chi connectivity index (χ2v) is 7.24. The molecule has 0 radical (unpaired) electrons. The Labute approximate surface area is 129 Å². The summed E-state index contributed by atoms with van der Waals surface area (Å²) in [5.41, 5.74) is -0.0156. The van der Waals surface area contributed by atoms with Gasteiger partial charge in [-0.1, -0.05) is 19.3 Å². The SMILES string of the molecule is CNC1(CO)CCCC1CCN1CCOC2CCCCC21. The lowest BCUT2D eigenvalue weighted by Crippen LogP contribution is -2.54. The van der Waals surface area contributed by atoms with Gasteiger partial charge in [-0.2, -0.15) is 0 Å². The van der Waals surface area contributed by atoms with Gasteiger partial charge in [-0.05, 0) is 51.6 Å². The number of fused-ring (bicyclic) bond motifs is 1. The maximum Gasteiger partial charge on any atom is 0.0730 e. The molecule has 1 heterocycles. The predicted molar refractivity (Wildman–Crippen MR) is 84.4 cm³/mol. The Balaban J connectivity index is 1.56. The molecule has 2 N–H and O–H groups in total. The van der Waals surface area contributed by atoms with E-state index in [1.54, 1.807) is 0 Å². The lowest BCUT2D eigenvalue weighted by atomic mass is 9.84. The van der Waals surface area contributed by atoms with E-state index in [-0.39, 0.29) is 12.1 Å². The molecule has 4 heteroatoms. The van der Waals surface area contributed by atoms with E-state index in [0.29, 0.717) is 18.1 Å². The summed E-state index contributed by atoms with van der Waals surface area (Å²) in [7, 11) is 2.01. The van der Waals surface area contributed by atoms with E-state index in [1.807, 2.05) is 7.05 Å². The summed E-state index contributed by atoms with van der Waals surface area (Å²) >= 11 is 0. The third kappa shape index (κ3) is 3.14. The highest BCUT2D eigenvalue weighted by atomic mass is 16.5. The van der Waals surface area contributed by atoms with Gasteiger partial charge in [0.1, 0.15) is 0 Å². The fraction of sp³-hybridized carbons (Fsp3) is 1.00. The summed E-state index contributed by atoms with van der Waals surface area (Å²) in [6, 6.07) is 0.659. The Kier molecular flexibility index (Phi) is 5.20. The molecule has 3 rings (SSSR count). The Bertz CT molecular complexity index is 331. The molecule has 3 aliphatic rings. The van der Waals surface area contributed by atoms with Crippen LogP contribution in [0.5, 0.6) is 0 Å². The molecule has 1 aliphatic heterocycles. The highest BCUT2D eigenvalue weighted by Gasteiger charge is 2.41. The van der Waals surface area contributed by atoms with E-state index in [2.05, 4.69) is 10.2 Å². The van der Waals surface area contributed by atoms with Crippen LogP contribution in [-0.2, 0) is 4.74 Å². The lowest BCUT2D eigenvalue weighted by Gasteiger charge is -2.44. The highest BCUT2D eigenvalue weighted by molar-refractivity contribution is 4.98. The Morgan fingerprint density at radius 3 is 2.90 bits per heavy atom. The van der Waals surface area contributed by atoms with Crippen LogP contribution in [0, 0.1) is 5.92 Å². The van der Waals surface area contributed by atoms with E-state index >= 15 is 0 Å². The molecule has 1 saturated heterocycles. The minimum absolute atomic E-state index is 0.0156. The summed E-state index contributed by atoms with van der Waals surface area (Å²) in [5.74, 6) is 0.623. The van der Waals surface area contributed by atoms with Gasteiger partial charge in [-0.15, -0.1) is 0 Å². The Morgan fingerprint density at radius 1 is 1.24 bits per heavy atom. The number of nitrogens with zero attached hydrogens (tertiary/aromatic N) is 1. The van der Waals surface area contributed by atoms with Crippen LogP contribution >= 0.6 is 0 Å². The maximum absolute atomic E-state index is 9.82. The number of hydrogen-bond donors (Lipinski definition) is 2. The molecule has 4 nitrogen and oxygen atoms in total. The molecule has 0 spiro atoms. The lowest BCUT2D eigenvalue weighted by molar-refractivity contribution is -0.0898. The first-order valence-electron chi connectivity index (χ1n) is 8.94. The van der Waals surface area contributed by atoms with Crippen LogP contribution in [0.15, 0.2) is 0 Å². The minimum atomic E-state index is -0.0156. The van der Waals surface area contributed by atoms with Gasteiger partial charge in [0, 0.05) is 18.1 Å². The van der Waals surface area contributed by atoms with Crippen molar-refractivity contribution >= 4 is 0 Å². The van der Waals surface area contributed by atoms with Gasteiger partial charge in [0.2, 0.25) is 0 Å². The van der Waals surface area contributed by atoms with Crippen LogP contribution in [0.25, 0.3) is 0 Å². The van der Waals surface area contributed by atoms with Crippen molar-refractivity contribution in [3.05, 3.63) is 0 Å². The average molecular weight is 296 g/mol. The first kappa shape index (κ1) is 15.7. The molecule has 122 valence electrons. The summed E-state index contributed by atoms with van der Waals surface area (Å²) < 4.78 is 5.97. The van der Waals surface area contributed by atoms with Gasteiger partial charge >= 0.3 is 0 Å². The zero-order chi connectivity index (χ0) is 14.7. The molecule has 3 fully saturated rings. The van der Waals surface area contributed by atoms with Crippen molar-refractivity contribution in [1.82, 2.24) is 10.2 Å². The van der Waals surface area contributed by atoms with Crippen molar-refractivity contribution in [2.24, 2.45) is 5.92 Å². The van der Waals surface area contributed by atoms with Crippen LogP contribution < -0.4 is 5.32 Å². The highest BCUT2D eigenvalue weighted by Crippen LogP contribution is 2.38. The smallest absolute Gasteiger partial charge is 0.0730 e. The molecule has 0 aromatic carbocycles. The second-order valence-electron chi connectivity index (χ2n) is 7.24. The molecule has 2 aliphatic carbocycles. The van der Waals surface area contributed by atoms with Crippen molar-refractivity contribution in [3.8, 4) is 0 Å². The zero-order valence-electron chi connectivity index (χ0n) is 13.5. The van der Waals surface area contributed by atoms with E-state index < -0.39 is 0 Å². The number of hydrogen-bond acceptors (Lipinski definition) is 4. The van der Waals surface area contributed by atoms with Gasteiger partial charge in [0.25, 0.3) is 0 Å². The van der Waals surface area contributed by atoms with E-state index in [1.165, 1.54) is 51.5 Å². The summed E-state index contributed by atoms with van der Waals surface area (Å²) in [4.78, 5) is 2.68. The summed E-state index contributed by atoms with van der Waals surface area (Å²) in [6.45, 7) is 3.46. The number of aliphatic hydroxyl groups excluding tert-OH is 1. The number of nitrogens with one attached hydrogen (secondary N) is 1. The third-order valence-corrected chi connectivity index (χ3v) is 6.35. The molecule has 2 saturated carbocycles. The molecule has 4 atom stereocenters. The fourth-order valence-electron chi connectivity index (χ4n) is 4.96. The van der Waals surface area contributed by atoms with Crippen molar-refractivity contribution in [3.63, 3.8) is 0 Å². The largest absolute Gasteiger partial charge is 0.394 e. The zero-order valence-corrected chi connectivity index (χ0v) is 13.5. The first-order chi connectivity index (χ1) is 10.3. The van der Waals surface area contributed by atoms with E-state index in [4.69, 9.17) is 4.74 Å². The quantitative estimate of drug-likeness (QED) is 0.811. The topological polar surface area (TPSA) is 44.7 Å². The molecule has 4 unspecified atom stereocenters.